The zero-order chi connectivity index (χ0) is 25.1. The molecule has 0 spiro atoms. The van der Waals surface area contributed by atoms with E-state index in [0.29, 0.717) is 47.3 Å². The molecule has 0 amide bonds. The molecule has 12 heteroatoms. The quantitative estimate of drug-likeness (QED) is 0.236. The number of nitrogens with two attached hydrogens (primary N) is 2. The van der Waals surface area contributed by atoms with Crippen molar-refractivity contribution in [3.63, 3.8) is 0 Å². The van der Waals surface area contributed by atoms with Gasteiger partial charge in [-0.15, -0.1) is 0 Å². The van der Waals surface area contributed by atoms with Gasteiger partial charge in [0, 0.05) is 0 Å². The van der Waals surface area contributed by atoms with Crippen molar-refractivity contribution in [1.82, 2.24) is 19.5 Å². The third-order valence-electron chi connectivity index (χ3n) is 7.11. The van der Waals surface area contributed by atoms with Gasteiger partial charge in [-0.25, -0.2) is 4.98 Å². The average molecular weight is 692 g/mol. The molecular formula is C23H22ClF2N6O2Tl. The van der Waals surface area contributed by atoms with Crippen LogP contribution < -0.4 is 14.6 Å². The number of halogens is 3. The molecule has 4 aromatic rings. The fourth-order valence-electron chi connectivity index (χ4n) is 5.16. The number of rotatable bonds is 5. The second-order valence-electron chi connectivity index (χ2n) is 9.07. The van der Waals surface area contributed by atoms with Gasteiger partial charge in [0.15, 0.2) is 0 Å². The first-order valence-corrected chi connectivity index (χ1v) is 13.6. The van der Waals surface area contributed by atoms with Crippen molar-refractivity contribution >= 4 is 74.1 Å². The van der Waals surface area contributed by atoms with E-state index in [1.807, 2.05) is 12.1 Å². The number of nitrogens with zero attached hydrogens (tertiary/aromatic N) is 4. The van der Waals surface area contributed by atoms with E-state index in [9.17, 15) is 19.0 Å². The van der Waals surface area contributed by atoms with Gasteiger partial charge >= 0.3 is 210 Å². The number of aryl methyl sites for hydroxylation is 1. The summed E-state index contributed by atoms with van der Waals surface area (Å²) in [4.78, 5) is 12.5. The van der Waals surface area contributed by atoms with Crippen LogP contribution in [0.3, 0.4) is 0 Å². The predicted molar refractivity (Wildman–Crippen MR) is 131 cm³/mol. The van der Waals surface area contributed by atoms with Crippen molar-refractivity contribution in [1.29, 1.82) is 0 Å². The minimum atomic E-state index is -2.84. The van der Waals surface area contributed by atoms with E-state index in [0.717, 1.165) is 14.1 Å². The van der Waals surface area contributed by atoms with E-state index < -0.39 is 30.1 Å². The molecule has 180 valence electrons. The topological polar surface area (TPSA) is 136 Å². The Morgan fingerprint density at radius 3 is 2.69 bits per heavy atom. The summed E-state index contributed by atoms with van der Waals surface area (Å²) in [5.41, 5.74) is 11.9. The molecule has 3 aromatic heterocycles. The molecule has 1 aliphatic carbocycles. The van der Waals surface area contributed by atoms with Crippen molar-refractivity contribution in [2.45, 2.75) is 43.9 Å². The average Bonchev–Trinajstić information content (AvgIpc) is 3.35. The summed E-state index contributed by atoms with van der Waals surface area (Å²) in [5, 5.41) is 23.6. The number of fused-ring (bicyclic) bond motifs is 2. The number of hydrogen-bond donors (Lipinski definition) is 4. The van der Waals surface area contributed by atoms with Crippen LogP contribution in [0.5, 0.6) is 0 Å². The second kappa shape index (κ2) is 9.05. The van der Waals surface area contributed by atoms with Crippen LogP contribution in [-0.2, 0) is 6.42 Å². The fourth-order valence-corrected chi connectivity index (χ4v) is 7.04. The van der Waals surface area contributed by atoms with Crippen molar-refractivity contribution in [3.05, 3.63) is 47.4 Å². The molecule has 6 N–H and O–H groups in total. The van der Waals surface area contributed by atoms with Gasteiger partial charge in [-0.3, -0.25) is 0 Å². The molecule has 8 nitrogen and oxygen atoms in total. The van der Waals surface area contributed by atoms with Crippen LogP contribution in [0.4, 0.5) is 20.4 Å². The number of nitrogen functional groups attached to an aromatic ring is 2. The molecule has 3 heterocycles. The molecule has 1 saturated carbocycles. The van der Waals surface area contributed by atoms with Crippen LogP contribution in [0.25, 0.3) is 21.9 Å². The first kappa shape index (κ1) is 24.5. The van der Waals surface area contributed by atoms with Crippen LogP contribution in [-0.4, -0.2) is 74.1 Å². The SMILES string of the molecule is Nc1nc2cc(CC[C@@]3(C(F)F)C[C@@H](n4ccc5c(N)ncnc54)[C@H](O)[C@@H]3O)c[c]([Tl])c2cc1Cl. The van der Waals surface area contributed by atoms with Crippen molar-refractivity contribution in [2.75, 3.05) is 11.5 Å². The van der Waals surface area contributed by atoms with Crippen LogP contribution in [0, 0.1) is 5.41 Å². The molecule has 1 aromatic carbocycles. The van der Waals surface area contributed by atoms with Crippen molar-refractivity contribution < 1.29 is 19.0 Å². The normalized spacial score (nSPS) is 24.7. The van der Waals surface area contributed by atoms with E-state index in [1.54, 1.807) is 22.9 Å². The van der Waals surface area contributed by atoms with Crippen LogP contribution in [0.2, 0.25) is 5.02 Å². The monoisotopic (exact) mass is 692 g/mol. The number of anilines is 2. The number of hydrogen-bond acceptors (Lipinski definition) is 7. The Balaban J connectivity index is 1.47. The summed E-state index contributed by atoms with van der Waals surface area (Å²) >= 11 is 6.58. The summed E-state index contributed by atoms with van der Waals surface area (Å²) in [7, 11) is 0. The Hall–Kier alpha value is -2.16. The summed E-state index contributed by atoms with van der Waals surface area (Å²) in [6.45, 7) is 0. The number of pyridine rings is 1. The van der Waals surface area contributed by atoms with E-state index in [1.165, 1.54) is 6.33 Å². The number of alkyl halides is 2. The summed E-state index contributed by atoms with van der Waals surface area (Å²) < 4.78 is 31.8. The molecule has 1 fully saturated rings. The molecule has 0 aliphatic heterocycles. The van der Waals surface area contributed by atoms with Gasteiger partial charge in [-0.1, -0.05) is 0 Å². The third-order valence-corrected chi connectivity index (χ3v) is 9.27. The fraction of sp³-hybridized carbons (Fsp3) is 0.348. The standard InChI is InChI=1S/C23H22ClF2N6O2.Tl/c24-14-8-12-2-1-11(7-15(12)31-20(14)28)3-5-23(22(25)26)9-16(17(33)18(23)34)32-6-4-13-19(27)29-10-30-21(13)32;/h1,4,6-8,10,16-18,22,33-34H,3,5,9H2,(H2,28,31)(H2,27,29,30);/t16-,17+,18+,23-;/m1./s1. The Bertz CT molecular complexity index is 1440. The molecule has 1 aliphatic rings. The zero-order valence-electron chi connectivity index (χ0n) is 18.4. The number of aliphatic hydroxyl groups excluding tert-OH is 2. The van der Waals surface area contributed by atoms with Crippen molar-refractivity contribution in [3.8, 4) is 0 Å². The van der Waals surface area contributed by atoms with Crippen LogP contribution in [0.1, 0.15) is 24.4 Å². The maximum absolute atomic E-state index is 14.6. The molecule has 0 bridgehead atoms. The van der Waals surface area contributed by atoms with Gasteiger partial charge in [-0.05, 0) is 0 Å². The summed E-state index contributed by atoms with van der Waals surface area (Å²) in [5.74, 6) is 0.471. The van der Waals surface area contributed by atoms with E-state index in [-0.39, 0.29) is 30.9 Å². The van der Waals surface area contributed by atoms with Gasteiger partial charge in [0.05, 0.1) is 0 Å². The number of benzene rings is 1. The molecular weight excluding hydrogens is 670 g/mol. The summed E-state index contributed by atoms with van der Waals surface area (Å²) in [6, 6.07) is 6.45. The van der Waals surface area contributed by atoms with Crippen LogP contribution in [0.15, 0.2) is 36.8 Å². The number of aromatic nitrogens is 4. The predicted octanol–water partition coefficient (Wildman–Crippen LogP) is 2.14. The summed E-state index contributed by atoms with van der Waals surface area (Å²) in [6.07, 6.45) is -2.80. The minimum absolute atomic E-state index is 0.0194. The maximum atomic E-state index is 14.6. The Morgan fingerprint density at radius 1 is 1.17 bits per heavy atom. The van der Waals surface area contributed by atoms with Gasteiger partial charge < -0.3 is 5.73 Å². The third kappa shape index (κ3) is 4.03. The van der Waals surface area contributed by atoms with Gasteiger partial charge in [0.2, 0.25) is 0 Å². The zero-order valence-corrected chi connectivity index (χ0v) is 23.7. The molecule has 0 saturated heterocycles. The molecule has 4 atom stereocenters. The van der Waals surface area contributed by atoms with E-state index in [4.69, 9.17) is 23.1 Å². The Labute approximate surface area is 220 Å². The van der Waals surface area contributed by atoms with E-state index in [2.05, 4.69) is 15.0 Å². The first-order chi connectivity index (χ1) is 16.6. The van der Waals surface area contributed by atoms with Gasteiger partial charge in [0.1, 0.15) is 0 Å². The Morgan fingerprint density at radius 2 is 1.94 bits per heavy atom. The Kier molecular flexibility index (Phi) is 6.35. The van der Waals surface area contributed by atoms with Gasteiger partial charge in [-0.2, -0.15) is 0 Å². The number of aliphatic hydroxyl groups is 2. The second-order valence-corrected chi connectivity index (χ2v) is 11.9. The van der Waals surface area contributed by atoms with E-state index >= 15 is 0 Å². The molecule has 0 radical (unpaired) electrons. The van der Waals surface area contributed by atoms with Crippen LogP contribution >= 0.6 is 11.6 Å². The van der Waals surface area contributed by atoms with Crippen molar-refractivity contribution in [2.24, 2.45) is 5.41 Å². The van der Waals surface area contributed by atoms with Gasteiger partial charge in [0.25, 0.3) is 0 Å². The molecule has 0 unspecified atom stereocenters. The molecule has 5 rings (SSSR count). The first-order valence-electron chi connectivity index (χ1n) is 11.0. The molecule has 35 heavy (non-hydrogen) atoms.